The van der Waals surface area contributed by atoms with Crippen molar-refractivity contribution in [1.82, 2.24) is 19.6 Å². The number of phenolic OH excluding ortho intramolecular Hbond substituents is 1. The van der Waals surface area contributed by atoms with Crippen LogP contribution in [0.4, 0.5) is 5.69 Å². The van der Waals surface area contributed by atoms with Gasteiger partial charge in [-0.15, -0.1) is 23.5 Å². The Morgan fingerprint density at radius 1 is 0.979 bits per heavy atom. The Hall–Kier alpha value is -3.93. The van der Waals surface area contributed by atoms with Gasteiger partial charge in [-0.1, -0.05) is 49.4 Å². The summed E-state index contributed by atoms with van der Waals surface area (Å²) in [6.45, 7) is 4.55. The number of aliphatic hydroxyl groups is 1. The first-order valence-corrected chi connectivity index (χ1v) is 18.0. The SMILES string of the molecule is CCC1(c2c(CSCc3cc(CSc4cc(O)c5ccccc5c4)n(C)n3)nn(C)c2C)c2ccccc2N(CCCO)C1C(=O)O. The van der Waals surface area contributed by atoms with Crippen molar-refractivity contribution >= 4 is 46.0 Å². The second-order valence-electron chi connectivity index (χ2n) is 12.1. The van der Waals surface area contributed by atoms with Gasteiger partial charge in [-0.25, -0.2) is 4.79 Å². The second-order valence-corrected chi connectivity index (χ2v) is 14.1. The molecule has 0 saturated heterocycles. The number of aromatic hydroxyl groups is 1. The average Bonchev–Trinajstić information content (AvgIpc) is 3.67. The molecule has 1 aliphatic rings. The van der Waals surface area contributed by atoms with E-state index in [2.05, 4.69) is 25.1 Å². The maximum Gasteiger partial charge on any atom is 0.327 e. The first kappa shape index (κ1) is 33.0. The Morgan fingerprint density at radius 2 is 1.74 bits per heavy atom. The van der Waals surface area contributed by atoms with Crippen molar-refractivity contribution in [2.45, 2.75) is 60.3 Å². The fraction of sp³-hybridized carbons (Fsp3) is 0.361. The molecule has 0 spiro atoms. The minimum Gasteiger partial charge on any atom is -0.507 e. The van der Waals surface area contributed by atoms with E-state index in [1.165, 1.54) is 0 Å². The number of carbonyl (C=O) groups is 1. The summed E-state index contributed by atoms with van der Waals surface area (Å²) in [5, 5.41) is 42.4. The highest BCUT2D eigenvalue weighted by molar-refractivity contribution is 7.98. The molecule has 0 aliphatic carbocycles. The van der Waals surface area contributed by atoms with Gasteiger partial charge < -0.3 is 20.2 Å². The van der Waals surface area contributed by atoms with Crippen molar-refractivity contribution in [3.05, 3.63) is 101 Å². The largest absolute Gasteiger partial charge is 0.507 e. The highest BCUT2D eigenvalue weighted by Gasteiger charge is 2.56. The van der Waals surface area contributed by atoms with E-state index in [0.717, 1.165) is 61.0 Å². The molecular formula is C36H41N5O4S2. The van der Waals surface area contributed by atoms with Crippen LogP contribution in [0, 0.1) is 6.92 Å². The lowest BCUT2D eigenvalue weighted by Gasteiger charge is -2.37. The molecule has 1 aliphatic heterocycles. The van der Waals surface area contributed by atoms with E-state index in [9.17, 15) is 20.1 Å². The fourth-order valence-corrected chi connectivity index (χ4v) is 9.05. The minimum absolute atomic E-state index is 0.00110. The lowest BCUT2D eigenvalue weighted by atomic mass is 9.68. The number of fused-ring (bicyclic) bond motifs is 2. The predicted molar refractivity (Wildman–Crippen MR) is 189 cm³/mol. The van der Waals surface area contributed by atoms with E-state index in [0.29, 0.717) is 30.9 Å². The van der Waals surface area contributed by atoms with Crippen molar-refractivity contribution in [3.8, 4) is 5.75 Å². The van der Waals surface area contributed by atoms with E-state index >= 15 is 0 Å². The van der Waals surface area contributed by atoms with E-state index in [-0.39, 0.29) is 12.4 Å². The van der Waals surface area contributed by atoms with Gasteiger partial charge in [0.05, 0.1) is 16.8 Å². The first-order chi connectivity index (χ1) is 22.7. The molecule has 9 nitrogen and oxygen atoms in total. The second kappa shape index (κ2) is 13.7. The van der Waals surface area contributed by atoms with Crippen LogP contribution in [0.1, 0.15) is 53.7 Å². The molecule has 0 amide bonds. The van der Waals surface area contributed by atoms with Crippen molar-refractivity contribution in [2.75, 3.05) is 18.1 Å². The van der Waals surface area contributed by atoms with Gasteiger partial charge in [-0.3, -0.25) is 9.36 Å². The number of hydrogen-bond donors (Lipinski definition) is 3. The third kappa shape index (κ3) is 6.00. The molecule has 0 radical (unpaired) electrons. The first-order valence-electron chi connectivity index (χ1n) is 15.9. The Kier molecular flexibility index (Phi) is 9.59. The van der Waals surface area contributed by atoms with Crippen LogP contribution in [0.2, 0.25) is 0 Å². The molecule has 0 fully saturated rings. The molecule has 3 aromatic carbocycles. The molecule has 0 bridgehead atoms. The number of phenols is 1. The topological polar surface area (TPSA) is 117 Å². The van der Waals surface area contributed by atoms with E-state index in [4.69, 9.17) is 10.2 Å². The van der Waals surface area contributed by atoms with Gasteiger partial charge in [0, 0.05) is 77.4 Å². The third-order valence-corrected chi connectivity index (χ3v) is 11.4. The van der Waals surface area contributed by atoms with Crippen LogP contribution in [0.5, 0.6) is 5.75 Å². The number of nitrogens with zero attached hydrogens (tertiary/aromatic N) is 5. The summed E-state index contributed by atoms with van der Waals surface area (Å²) in [6.07, 6.45) is 1.08. The maximum absolute atomic E-state index is 13.1. The monoisotopic (exact) mass is 671 g/mol. The lowest BCUT2D eigenvalue weighted by molar-refractivity contribution is -0.139. The van der Waals surface area contributed by atoms with Crippen LogP contribution in [0.25, 0.3) is 10.8 Å². The smallest absolute Gasteiger partial charge is 0.327 e. The van der Waals surface area contributed by atoms with Crippen molar-refractivity contribution < 1.29 is 20.1 Å². The molecular weight excluding hydrogens is 631 g/mol. The molecule has 5 aromatic rings. The Labute approximate surface area is 283 Å². The van der Waals surface area contributed by atoms with E-state index in [1.54, 1.807) is 23.5 Å². The van der Waals surface area contributed by atoms with Crippen LogP contribution in [-0.2, 0) is 41.6 Å². The quantitative estimate of drug-likeness (QED) is 0.122. The number of aromatic nitrogens is 4. The molecule has 2 aromatic heterocycles. The molecule has 0 saturated carbocycles. The van der Waals surface area contributed by atoms with Gasteiger partial charge in [-0.2, -0.15) is 10.2 Å². The van der Waals surface area contributed by atoms with Crippen LogP contribution >= 0.6 is 23.5 Å². The number of benzene rings is 3. The molecule has 2 unspecified atom stereocenters. The molecule has 11 heteroatoms. The normalized spacial score (nSPS) is 17.5. The average molecular weight is 672 g/mol. The summed E-state index contributed by atoms with van der Waals surface area (Å²) in [5.74, 6) is 1.43. The maximum atomic E-state index is 13.1. The van der Waals surface area contributed by atoms with E-state index in [1.807, 2.05) is 83.8 Å². The van der Waals surface area contributed by atoms with Crippen molar-refractivity contribution in [2.24, 2.45) is 14.1 Å². The Bertz CT molecular complexity index is 1920. The van der Waals surface area contributed by atoms with Gasteiger partial charge >= 0.3 is 5.97 Å². The predicted octanol–water partition coefficient (Wildman–Crippen LogP) is 6.40. The van der Waals surface area contributed by atoms with Gasteiger partial charge in [-0.05, 0) is 55.0 Å². The van der Waals surface area contributed by atoms with Gasteiger partial charge in [0.15, 0.2) is 0 Å². The number of anilines is 1. The molecule has 3 heterocycles. The van der Waals surface area contributed by atoms with Crippen LogP contribution in [0.15, 0.2) is 71.6 Å². The van der Waals surface area contributed by atoms with Crippen LogP contribution < -0.4 is 4.90 Å². The lowest BCUT2D eigenvalue weighted by Crippen LogP contribution is -2.51. The standard InChI is InChI=1S/C36H41N5O4S2/c1-5-36(29-13-8-9-14-31(29)41(15-10-16-42)34(36)35(44)45)33-23(2)39(3)38-30(33)22-46-20-25-18-26(40(4)37-25)21-47-27-17-24-11-6-7-12-28(24)32(43)19-27/h6-9,11-14,17-19,34,42-43H,5,10,15-16,20-22H2,1-4H3,(H,44,45). The Morgan fingerprint density at radius 3 is 2.51 bits per heavy atom. The number of aliphatic carboxylic acids is 1. The molecule has 6 rings (SSSR count). The minimum atomic E-state index is -0.874. The summed E-state index contributed by atoms with van der Waals surface area (Å²) in [4.78, 5) is 16.1. The van der Waals surface area contributed by atoms with Gasteiger partial charge in [0.2, 0.25) is 0 Å². The summed E-state index contributed by atoms with van der Waals surface area (Å²) in [5.41, 5.74) is 6.02. The number of carboxylic acid groups (broad SMARTS) is 1. The van der Waals surface area contributed by atoms with Crippen molar-refractivity contribution in [3.63, 3.8) is 0 Å². The number of aliphatic hydroxyl groups excluding tert-OH is 1. The zero-order valence-corrected chi connectivity index (χ0v) is 28.8. The fourth-order valence-electron chi connectivity index (χ4n) is 7.21. The number of thioether (sulfide) groups is 2. The number of carboxylic acids is 1. The van der Waals surface area contributed by atoms with Crippen molar-refractivity contribution in [1.29, 1.82) is 0 Å². The zero-order chi connectivity index (χ0) is 33.3. The summed E-state index contributed by atoms with van der Waals surface area (Å²) in [6, 6.07) is 21.1. The zero-order valence-electron chi connectivity index (χ0n) is 27.2. The number of rotatable bonds is 13. The molecule has 3 N–H and O–H groups in total. The number of aryl methyl sites for hydroxylation is 2. The Balaban J connectivity index is 1.22. The number of hydrogen-bond acceptors (Lipinski definition) is 8. The summed E-state index contributed by atoms with van der Waals surface area (Å²) < 4.78 is 3.79. The van der Waals surface area contributed by atoms with Gasteiger partial charge in [0.25, 0.3) is 0 Å². The molecule has 2 atom stereocenters. The number of para-hydroxylation sites is 1. The molecule has 246 valence electrons. The molecule has 47 heavy (non-hydrogen) atoms. The van der Waals surface area contributed by atoms with Crippen LogP contribution in [0.3, 0.4) is 0 Å². The summed E-state index contributed by atoms with van der Waals surface area (Å²) >= 11 is 3.39. The third-order valence-electron chi connectivity index (χ3n) is 9.39. The van der Waals surface area contributed by atoms with Gasteiger partial charge in [0.1, 0.15) is 11.8 Å². The highest BCUT2D eigenvalue weighted by atomic mass is 32.2. The highest BCUT2D eigenvalue weighted by Crippen LogP contribution is 2.53. The van der Waals surface area contributed by atoms with Crippen LogP contribution in [-0.4, -0.2) is 60.0 Å². The van der Waals surface area contributed by atoms with E-state index < -0.39 is 17.4 Å². The summed E-state index contributed by atoms with van der Waals surface area (Å²) in [7, 11) is 3.88.